The molecule has 0 aliphatic carbocycles. The number of aromatic hydroxyl groups is 2. The van der Waals surface area contributed by atoms with Crippen LogP contribution in [0.4, 0.5) is 0 Å². The van der Waals surface area contributed by atoms with E-state index in [2.05, 4.69) is 53.8 Å². The molecule has 3 N–H and O–H groups in total. The molecule has 0 unspecified atom stereocenters. The van der Waals surface area contributed by atoms with Gasteiger partial charge in [0.05, 0.1) is 0 Å². The van der Waals surface area contributed by atoms with E-state index in [1.54, 1.807) is 6.07 Å². The Hall–Kier alpha value is -1.22. The summed E-state index contributed by atoms with van der Waals surface area (Å²) < 4.78 is 0. The minimum atomic E-state index is -0.0667. The Bertz CT molecular complexity index is 485. The van der Waals surface area contributed by atoms with Crippen LogP contribution in [0.1, 0.15) is 73.3 Å². The average molecular weight is 307 g/mol. The number of phenols is 2. The van der Waals surface area contributed by atoms with Crippen molar-refractivity contribution in [3.63, 3.8) is 0 Å². The first kappa shape index (κ1) is 18.8. The summed E-state index contributed by atoms with van der Waals surface area (Å²) in [5, 5.41) is 21.9. The zero-order valence-corrected chi connectivity index (χ0v) is 15.2. The second kappa shape index (κ2) is 6.49. The predicted octanol–water partition coefficient (Wildman–Crippen LogP) is 4.71. The molecule has 126 valence electrons. The highest BCUT2D eigenvalue weighted by atomic mass is 16.3. The van der Waals surface area contributed by atoms with Crippen molar-refractivity contribution < 1.29 is 10.2 Å². The van der Waals surface area contributed by atoms with E-state index in [1.165, 1.54) is 25.3 Å². The zero-order valence-electron chi connectivity index (χ0n) is 15.2. The summed E-state index contributed by atoms with van der Waals surface area (Å²) in [5.74, 6) is -0.120. The molecule has 3 nitrogen and oxygen atoms in total. The first-order valence-electron chi connectivity index (χ1n) is 8.14. The summed E-state index contributed by atoms with van der Waals surface area (Å²) >= 11 is 0. The van der Waals surface area contributed by atoms with Crippen LogP contribution >= 0.6 is 0 Å². The number of phenolic OH excluding ortho intramolecular Hbond substituents is 2. The summed E-state index contributed by atoms with van der Waals surface area (Å²) in [7, 11) is 0. The van der Waals surface area contributed by atoms with Gasteiger partial charge in [-0.05, 0) is 70.1 Å². The predicted molar refractivity (Wildman–Crippen MR) is 93.6 cm³/mol. The highest BCUT2D eigenvalue weighted by Gasteiger charge is 2.31. The van der Waals surface area contributed by atoms with Crippen molar-refractivity contribution in [3.05, 3.63) is 23.8 Å². The van der Waals surface area contributed by atoms with Gasteiger partial charge in [-0.1, -0.05) is 26.8 Å². The standard InChI is InChI=1S/C10H14O2.C9H19N/c1-10(2,3)7-4-5-8(11)9(12)6-7;1-8(2)6-5-7-9(3,4)10-8/h4-6,11-12H,1-3H3;10H,5-7H2,1-4H3. The van der Waals surface area contributed by atoms with Crippen molar-refractivity contribution in [2.24, 2.45) is 0 Å². The van der Waals surface area contributed by atoms with Gasteiger partial charge < -0.3 is 15.5 Å². The van der Waals surface area contributed by atoms with E-state index in [1.807, 2.05) is 6.07 Å². The van der Waals surface area contributed by atoms with Crippen LogP contribution in [-0.2, 0) is 5.41 Å². The number of nitrogens with one attached hydrogen (secondary N) is 1. The van der Waals surface area contributed by atoms with Crippen LogP contribution in [0, 0.1) is 0 Å². The van der Waals surface area contributed by atoms with Crippen molar-refractivity contribution in [1.29, 1.82) is 0 Å². The van der Waals surface area contributed by atoms with Gasteiger partial charge in [-0.3, -0.25) is 0 Å². The largest absolute Gasteiger partial charge is 0.504 e. The molecule has 0 bridgehead atoms. The van der Waals surface area contributed by atoms with Gasteiger partial charge in [-0.25, -0.2) is 0 Å². The molecule has 1 aromatic rings. The summed E-state index contributed by atoms with van der Waals surface area (Å²) in [6.07, 6.45) is 4.00. The fraction of sp³-hybridized carbons (Fsp3) is 0.684. The van der Waals surface area contributed by atoms with Crippen molar-refractivity contribution >= 4 is 0 Å². The molecule has 1 fully saturated rings. The molecule has 1 aromatic carbocycles. The van der Waals surface area contributed by atoms with Crippen molar-refractivity contribution in [1.82, 2.24) is 5.32 Å². The molecule has 22 heavy (non-hydrogen) atoms. The van der Waals surface area contributed by atoms with Crippen LogP contribution in [0.3, 0.4) is 0 Å². The van der Waals surface area contributed by atoms with E-state index in [9.17, 15) is 5.11 Å². The number of hydrogen-bond donors (Lipinski definition) is 3. The van der Waals surface area contributed by atoms with Crippen molar-refractivity contribution in [2.45, 2.75) is 84.2 Å². The van der Waals surface area contributed by atoms with Gasteiger partial charge in [0.25, 0.3) is 0 Å². The van der Waals surface area contributed by atoms with Gasteiger partial charge >= 0.3 is 0 Å². The first-order valence-corrected chi connectivity index (χ1v) is 8.14. The lowest BCUT2D eigenvalue weighted by atomic mass is 9.83. The molecule has 0 radical (unpaired) electrons. The molecule has 0 atom stereocenters. The van der Waals surface area contributed by atoms with Gasteiger partial charge in [0.2, 0.25) is 0 Å². The molecule has 1 aliphatic rings. The lowest BCUT2D eigenvalue weighted by Crippen LogP contribution is -2.55. The van der Waals surface area contributed by atoms with E-state index in [0.717, 1.165) is 5.56 Å². The monoisotopic (exact) mass is 307 g/mol. The normalized spacial score (nSPS) is 20.0. The van der Waals surface area contributed by atoms with Crippen LogP contribution in [0.15, 0.2) is 18.2 Å². The van der Waals surface area contributed by atoms with Crippen LogP contribution < -0.4 is 5.32 Å². The maximum absolute atomic E-state index is 9.21. The summed E-state index contributed by atoms with van der Waals surface area (Å²) in [6, 6.07) is 4.92. The Labute approximate surface area is 135 Å². The van der Waals surface area contributed by atoms with E-state index in [4.69, 9.17) is 5.11 Å². The third kappa shape index (κ3) is 5.88. The Morgan fingerprint density at radius 3 is 1.73 bits per heavy atom. The molecular weight excluding hydrogens is 274 g/mol. The Morgan fingerprint density at radius 1 is 0.909 bits per heavy atom. The van der Waals surface area contributed by atoms with Gasteiger partial charge in [0.1, 0.15) is 0 Å². The van der Waals surface area contributed by atoms with E-state index in [0.29, 0.717) is 11.1 Å². The lowest BCUT2D eigenvalue weighted by molar-refractivity contribution is 0.183. The molecular formula is C19H33NO2. The molecule has 2 rings (SSSR count). The zero-order chi connectivity index (χ0) is 17.2. The SMILES string of the molecule is CC(C)(C)c1ccc(O)c(O)c1.CC1(C)CCCC(C)(C)N1. The Balaban J connectivity index is 0.000000224. The van der Waals surface area contributed by atoms with Gasteiger partial charge in [-0.15, -0.1) is 0 Å². The lowest BCUT2D eigenvalue weighted by Gasteiger charge is -2.42. The number of hydrogen-bond acceptors (Lipinski definition) is 3. The highest BCUT2D eigenvalue weighted by Crippen LogP contribution is 2.31. The first-order chi connectivity index (χ1) is 9.82. The quantitative estimate of drug-likeness (QED) is 0.608. The highest BCUT2D eigenvalue weighted by molar-refractivity contribution is 5.42. The number of rotatable bonds is 0. The molecule has 0 amide bonds. The second-order valence-electron chi connectivity index (χ2n) is 8.70. The van der Waals surface area contributed by atoms with Crippen molar-refractivity contribution in [2.75, 3.05) is 0 Å². The van der Waals surface area contributed by atoms with Crippen LogP contribution in [0.5, 0.6) is 11.5 Å². The average Bonchev–Trinajstić information content (AvgIpc) is 2.29. The van der Waals surface area contributed by atoms with E-state index >= 15 is 0 Å². The smallest absolute Gasteiger partial charge is 0.157 e. The Kier molecular flexibility index (Phi) is 5.56. The fourth-order valence-electron chi connectivity index (χ4n) is 3.00. The topological polar surface area (TPSA) is 52.5 Å². The number of piperidine rings is 1. The minimum Gasteiger partial charge on any atom is -0.504 e. The van der Waals surface area contributed by atoms with Gasteiger partial charge in [0, 0.05) is 11.1 Å². The summed E-state index contributed by atoms with van der Waals surface area (Å²) in [5.41, 5.74) is 1.74. The molecule has 1 aliphatic heterocycles. The second-order valence-corrected chi connectivity index (χ2v) is 8.70. The molecule has 0 saturated carbocycles. The fourth-order valence-corrected chi connectivity index (χ4v) is 3.00. The molecule has 0 aromatic heterocycles. The molecule has 1 heterocycles. The Morgan fingerprint density at radius 2 is 1.41 bits per heavy atom. The molecule has 0 spiro atoms. The van der Waals surface area contributed by atoms with Crippen LogP contribution in [-0.4, -0.2) is 21.3 Å². The third-order valence-electron chi connectivity index (χ3n) is 4.12. The van der Waals surface area contributed by atoms with Gasteiger partial charge in [-0.2, -0.15) is 0 Å². The maximum Gasteiger partial charge on any atom is 0.157 e. The molecule has 1 saturated heterocycles. The van der Waals surface area contributed by atoms with E-state index in [-0.39, 0.29) is 16.9 Å². The van der Waals surface area contributed by atoms with Crippen LogP contribution in [0.2, 0.25) is 0 Å². The summed E-state index contributed by atoms with van der Waals surface area (Å²) in [6.45, 7) is 15.3. The van der Waals surface area contributed by atoms with Crippen LogP contribution in [0.25, 0.3) is 0 Å². The number of benzene rings is 1. The summed E-state index contributed by atoms with van der Waals surface area (Å²) in [4.78, 5) is 0. The third-order valence-corrected chi connectivity index (χ3v) is 4.12. The minimum absolute atomic E-state index is 0.00514. The maximum atomic E-state index is 9.21. The van der Waals surface area contributed by atoms with Crippen molar-refractivity contribution in [3.8, 4) is 11.5 Å². The van der Waals surface area contributed by atoms with E-state index < -0.39 is 0 Å². The molecule has 3 heteroatoms. The van der Waals surface area contributed by atoms with Gasteiger partial charge in [0.15, 0.2) is 11.5 Å².